The molecule has 0 heterocycles. The molecular formula is C23H30ClNO3. The molecule has 0 radical (unpaired) electrons. The van der Waals surface area contributed by atoms with Crippen LogP contribution < -0.4 is 10.1 Å². The first-order valence-electron chi connectivity index (χ1n) is 9.60. The van der Waals surface area contributed by atoms with Gasteiger partial charge in [-0.1, -0.05) is 48.9 Å². The van der Waals surface area contributed by atoms with Crippen molar-refractivity contribution in [1.29, 1.82) is 0 Å². The molecule has 4 nitrogen and oxygen atoms in total. The van der Waals surface area contributed by atoms with Gasteiger partial charge in [-0.3, -0.25) is 4.79 Å². The molecule has 0 saturated carbocycles. The minimum atomic E-state index is -0.444. The minimum absolute atomic E-state index is 0.222. The van der Waals surface area contributed by atoms with Crippen molar-refractivity contribution >= 4 is 17.6 Å². The second kappa shape index (κ2) is 10.5. The predicted molar refractivity (Wildman–Crippen MR) is 114 cm³/mol. The second-order valence-electron chi connectivity index (χ2n) is 8.05. The van der Waals surface area contributed by atoms with Crippen LogP contribution in [0.5, 0.6) is 5.75 Å². The summed E-state index contributed by atoms with van der Waals surface area (Å²) in [4.78, 5) is 11.7. The van der Waals surface area contributed by atoms with Crippen LogP contribution in [-0.4, -0.2) is 24.7 Å². The number of esters is 1. The summed E-state index contributed by atoms with van der Waals surface area (Å²) in [7, 11) is 0. The third kappa shape index (κ3) is 8.32. The lowest BCUT2D eigenvalue weighted by Gasteiger charge is -2.20. The molecule has 1 atom stereocenters. The van der Waals surface area contributed by atoms with Crippen LogP contribution in [0.3, 0.4) is 0 Å². The Bertz CT molecular complexity index is 753. The quantitative estimate of drug-likeness (QED) is 0.596. The number of hydrogen-bond acceptors (Lipinski definition) is 4. The van der Waals surface area contributed by atoms with E-state index in [1.165, 1.54) is 5.56 Å². The molecule has 28 heavy (non-hydrogen) atoms. The Morgan fingerprint density at radius 2 is 1.79 bits per heavy atom. The van der Waals surface area contributed by atoms with Gasteiger partial charge in [0.25, 0.3) is 0 Å². The summed E-state index contributed by atoms with van der Waals surface area (Å²) in [6.45, 7) is 9.20. The van der Waals surface area contributed by atoms with Crippen LogP contribution in [0.2, 0.25) is 5.02 Å². The fourth-order valence-electron chi connectivity index (χ4n) is 2.77. The van der Waals surface area contributed by atoms with E-state index in [-0.39, 0.29) is 12.5 Å². The molecule has 0 aliphatic heterocycles. The Morgan fingerprint density at radius 1 is 1.11 bits per heavy atom. The molecule has 0 aliphatic rings. The maximum atomic E-state index is 11.7. The molecule has 2 rings (SSSR count). The van der Waals surface area contributed by atoms with E-state index >= 15 is 0 Å². The topological polar surface area (TPSA) is 47.6 Å². The van der Waals surface area contributed by atoms with Gasteiger partial charge in [0, 0.05) is 10.6 Å². The average Bonchev–Trinajstić information content (AvgIpc) is 2.61. The monoisotopic (exact) mass is 403 g/mol. The number of rotatable bonds is 9. The number of halogens is 1. The summed E-state index contributed by atoms with van der Waals surface area (Å²) in [6.07, 6.45) is 0.923. The summed E-state index contributed by atoms with van der Waals surface area (Å²) in [5, 5.41) is 3.89. The number of hydrogen-bond donors (Lipinski definition) is 1. The molecule has 5 heteroatoms. The van der Waals surface area contributed by atoms with Gasteiger partial charge in [-0.2, -0.15) is 0 Å². The highest BCUT2D eigenvalue weighted by atomic mass is 35.5. The van der Waals surface area contributed by atoms with Crippen LogP contribution in [0.4, 0.5) is 0 Å². The van der Waals surface area contributed by atoms with Gasteiger partial charge >= 0.3 is 5.97 Å². The molecule has 0 saturated heterocycles. The summed E-state index contributed by atoms with van der Waals surface area (Å²) in [5.41, 5.74) is 1.76. The molecule has 2 aromatic rings. The van der Waals surface area contributed by atoms with E-state index in [1.54, 1.807) is 0 Å². The Balaban J connectivity index is 1.72. The third-order valence-corrected chi connectivity index (χ3v) is 4.41. The van der Waals surface area contributed by atoms with Crippen molar-refractivity contribution in [2.24, 2.45) is 5.92 Å². The molecule has 0 aliphatic carbocycles. The van der Waals surface area contributed by atoms with E-state index in [2.05, 4.69) is 24.4 Å². The zero-order chi connectivity index (χ0) is 20.6. The standard InChI is InChI=1S/C23H30ClNO3/c1-17(14-25-15-22(26)28-23(2,3)4)13-18-9-11-20(12-10-18)27-16-19-7-5-6-8-21(19)24/h5-12,17,25H,13-16H2,1-4H3/t17-/m1/s1. The minimum Gasteiger partial charge on any atom is -0.489 e. The average molecular weight is 404 g/mol. The summed E-state index contributed by atoms with van der Waals surface area (Å²) >= 11 is 6.15. The highest BCUT2D eigenvalue weighted by molar-refractivity contribution is 6.31. The first-order chi connectivity index (χ1) is 13.2. The number of carbonyl (C=O) groups excluding carboxylic acids is 1. The van der Waals surface area contributed by atoms with E-state index in [4.69, 9.17) is 21.1 Å². The van der Waals surface area contributed by atoms with Crippen LogP contribution >= 0.6 is 11.6 Å². The zero-order valence-corrected chi connectivity index (χ0v) is 17.9. The molecule has 0 bridgehead atoms. The van der Waals surface area contributed by atoms with Crippen LogP contribution in [0.15, 0.2) is 48.5 Å². The lowest BCUT2D eigenvalue weighted by molar-refractivity contribution is -0.153. The van der Waals surface area contributed by atoms with Crippen molar-refractivity contribution in [1.82, 2.24) is 5.32 Å². The Morgan fingerprint density at radius 3 is 2.43 bits per heavy atom. The zero-order valence-electron chi connectivity index (χ0n) is 17.1. The van der Waals surface area contributed by atoms with Gasteiger partial charge in [0.1, 0.15) is 18.0 Å². The van der Waals surface area contributed by atoms with Crippen molar-refractivity contribution in [3.63, 3.8) is 0 Å². The van der Waals surface area contributed by atoms with Crippen LogP contribution in [0.25, 0.3) is 0 Å². The highest BCUT2D eigenvalue weighted by Crippen LogP contribution is 2.19. The van der Waals surface area contributed by atoms with Crippen molar-refractivity contribution < 1.29 is 14.3 Å². The van der Waals surface area contributed by atoms with Gasteiger partial charge in [-0.15, -0.1) is 0 Å². The SMILES string of the molecule is C[C@@H](CNCC(=O)OC(C)(C)C)Cc1ccc(OCc2ccccc2Cl)cc1. The number of ether oxygens (including phenoxy) is 2. The van der Waals surface area contributed by atoms with E-state index in [9.17, 15) is 4.79 Å². The molecule has 1 N–H and O–H groups in total. The van der Waals surface area contributed by atoms with Gasteiger partial charge in [0.15, 0.2) is 0 Å². The first-order valence-corrected chi connectivity index (χ1v) is 9.98. The molecule has 0 unspecified atom stereocenters. The first kappa shape index (κ1) is 22.3. The fourth-order valence-corrected chi connectivity index (χ4v) is 2.96. The molecule has 0 fully saturated rings. The van der Waals surface area contributed by atoms with Crippen molar-refractivity contribution in [3.8, 4) is 5.75 Å². The molecular weight excluding hydrogens is 374 g/mol. The van der Waals surface area contributed by atoms with Crippen molar-refractivity contribution in [2.45, 2.75) is 46.3 Å². The fraction of sp³-hybridized carbons (Fsp3) is 0.435. The number of benzene rings is 2. The van der Waals surface area contributed by atoms with Crippen LogP contribution in [0.1, 0.15) is 38.8 Å². The van der Waals surface area contributed by atoms with E-state index in [0.29, 0.717) is 17.5 Å². The number of carbonyl (C=O) groups is 1. The summed E-state index contributed by atoms with van der Waals surface area (Å²) in [6, 6.07) is 15.8. The van der Waals surface area contributed by atoms with E-state index in [1.807, 2.05) is 57.2 Å². The molecule has 0 spiro atoms. The van der Waals surface area contributed by atoms with Crippen molar-refractivity contribution in [3.05, 3.63) is 64.7 Å². The number of nitrogens with one attached hydrogen (secondary N) is 1. The van der Waals surface area contributed by atoms with Gasteiger partial charge in [-0.25, -0.2) is 0 Å². The van der Waals surface area contributed by atoms with Crippen molar-refractivity contribution in [2.75, 3.05) is 13.1 Å². The largest absolute Gasteiger partial charge is 0.489 e. The van der Waals surface area contributed by atoms with Gasteiger partial charge in [-0.05, 0) is 63.4 Å². The normalized spacial score (nSPS) is 12.5. The van der Waals surface area contributed by atoms with E-state index < -0.39 is 5.60 Å². The molecule has 152 valence electrons. The molecule has 0 aromatic heterocycles. The van der Waals surface area contributed by atoms with Crippen LogP contribution in [-0.2, 0) is 22.6 Å². The van der Waals surface area contributed by atoms with Gasteiger partial charge in [0.2, 0.25) is 0 Å². The third-order valence-electron chi connectivity index (χ3n) is 4.04. The summed E-state index contributed by atoms with van der Waals surface area (Å²) < 4.78 is 11.1. The van der Waals surface area contributed by atoms with Gasteiger partial charge < -0.3 is 14.8 Å². The molecule has 2 aromatic carbocycles. The Kier molecular flexibility index (Phi) is 8.34. The summed E-state index contributed by atoms with van der Waals surface area (Å²) in [5.74, 6) is 0.997. The van der Waals surface area contributed by atoms with E-state index in [0.717, 1.165) is 24.3 Å². The smallest absolute Gasteiger partial charge is 0.320 e. The second-order valence-corrected chi connectivity index (χ2v) is 8.46. The Hall–Kier alpha value is -2.04. The molecule has 0 amide bonds. The van der Waals surface area contributed by atoms with Gasteiger partial charge in [0.05, 0.1) is 6.54 Å². The lowest BCUT2D eigenvalue weighted by atomic mass is 10.0. The highest BCUT2D eigenvalue weighted by Gasteiger charge is 2.16. The Labute approximate surface area is 173 Å². The maximum Gasteiger partial charge on any atom is 0.320 e. The predicted octanol–water partition coefficient (Wildman–Crippen LogP) is 5.03. The maximum absolute atomic E-state index is 11.7. The van der Waals surface area contributed by atoms with Crippen LogP contribution in [0, 0.1) is 5.92 Å². The lowest BCUT2D eigenvalue weighted by Crippen LogP contribution is -2.33.